The highest BCUT2D eigenvalue weighted by Gasteiger charge is 2.24. The standard InChI is InChI=1S/C13H17BrN2/c1-13(2,3)12(15)10-7-16-11-5-4-8(14)6-9(10)11/h4-7,12,16H,15H2,1-3H3/t12-/m1/s1. The van der Waals surface area contributed by atoms with Crippen LogP contribution in [0.4, 0.5) is 0 Å². The molecule has 0 spiro atoms. The zero-order valence-corrected chi connectivity index (χ0v) is 11.4. The zero-order valence-electron chi connectivity index (χ0n) is 9.84. The number of fused-ring (bicyclic) bond motifs is 1. The number of aromatic amines is 1. The smallest absolute Gasteiger partial charge is 0.0458 e. The van der Waals surface area contributed by atoms with Crippen LogP contribution in [-0.2, 0) is 0 Å². The second-order valence-electron chi connectivity index (χ2n) is 5.28. The van der Waals surface area contributed by atoms with E-state index in [-0.39, 0.29) is 11.5 Å². The molecule has 1 aromatic carbocycles. The van der Waals surface area contributed by atoms with Crippen LogP contribution >= 0.6 is 15.9 Å². The molecule has 16 heavy (non-hydrogen) atoms. The molecule has 0 unspecified atom stereocenters. The molecule has 86 valence electrons. The molecule has 1 heterocycles. The van der Waals surface area contributed by atoms with E-state index in [1.807, 2.05) is 12.3 Å². The molecule has 0 aliphatic rings. The summed E-state index contributed by atoms with van der Waals surface area (Å²) in [5, 5.41) is 1.21. The maximum absolute atomic E-state index is 6.30. The molecule has 0 saturated carbocycles. The van der Waals surface area contributed by atoms with E-state index in [2.05, 4.69) is 53.8 Å². The molecule has 0 fully saturated rings. The first kappa shape index (κ1) is 11.7. The van der Waals surface area contributed by atoms with E-state index in [0.717, 1.165) is 9.99 Å². The number of hydrogen-bond donors (Lipinski definition) is 2. The van der Waals surface area contributed by atoms with Gasteiger partial charge in [-0.25, -0.2) is 0 Å². The second-order valence-corrected chi connectivity index (χ2v) is 6.19. The van der Waals surface area contributed by atoms with Crippen molar-refractivity contribution >= 4 is 26.8 Å². The van der Waals surface area contributed by atoms with Crippen LogP contribution < -0.4 is 5.73 Å². The van der Waals surface area contributed by atoms with Crippen molar-refractivity contribution in [2.24, 2.45) is 11.1 Å². The first-order chi connectivity index (χ1) is 7.39. The lowest BCUT2D eigenvalue weighted by atomic mass is 9.83. The largest absolute Gasteiger partial charge is 0.361 e. The van der Waals surface area contributed by atoms with Crippen LogP contribution in [0.15, 0.2) is 28.9 Å². The molecule has 3 heteroatoms. The number of nitrogens with one attached hydrogen (secondary N) is 1. The molecule has 2 rings (SSSR count). The number of benzene rings is 1. The molecular formula is C13H17BrN2. The van der Waals surface area contributed by atoms with E-state index in [1.165, 1.54) is 10.9 Å². The molecule has 2 nitrogen and oxygen atoms in total. The fourth-order valence-electron chi connectivity index (χ4n) is 1.84. The van der Waals surface area contributed by atoms with Crippen molar-refractivity contribution in [1.29, 1.82) is 0 Å². The van der Waals surface area contributed by atoms with E-state index in [9.17, 15) is 0 Å². The Kier molecular flexibility index (Phi) is 2.84. The normalized spacial score (nSPS) is 14.3. The summed E-state index contributed by atoms with van der Waals surface area (Å²) in [7, 11) is 0. The summed E-state index contributed by atoms with van der Waals surface area (Å²) in [6, 6.07) is 6.26. The zero-order chi connectivity index (χ0) is 11.9. The van der Waals surface area contributed by atoms with Gasteiger partial charge in [-0.1, -0.05) is 36.7 Å². The maximum atomic E-state index is 6.30. The first-order valence-corrected chi connectivity index (χ1v) is 6.21. The van der Waals surface area contributed by atoms with Crippen molar-refractivity contribution in [2.45, 2.75) is 26.8 Å². The lowest BCUT2D eigenvalue weighted by Crippen LogP contribution is -2.25. The SMILES string of the molecule is CC(C)(C)[C@H](N)c1c[nH]c2ccc(Br)cc12. The van der Waals surface area contributed by atoms with Crippen LogP contribution in [-0.4, -0.2) is 4.98 Å². The summed E-state index contributed by atoms with van der Waals surface area (Å²) < 4.78 is 1.09. The predicted molar refractivity (Wildman–Crippen MR) is 72.4 cm³/mol. The highest BCUT2D eigenvalue weighted by atomic mass is 79.9. The molecule has 0 aliphatic carbocycles. The molecule has 2 aromatic rings. The Morgan fingerprint density at radius 2 is 2.00 bits per heavy atom. The van der Waals surface area contributed by atoms with E-state index < -0.39 is 0 Å². The molecule has 0 bridgehead atoms. The minimum Gasteiger partial charge on any atom is -0.361 e. The van der Waals surface area contributed by atoms with Crippen molar-refractivity contribution in [1.82, 2.24) is 4.98 Å². The van der Waals surface area contributed by atoms with E-state index in [1.54, 1.807) is 0 Å². The van der Waals surface area contributed by atoms with Crippen molar-refractivity contribution in [3.05, 3.63) is 34.4 Å². The molecule has 0 saturated heterocycles. The average molecular weight is 281 g/mol. The van der Waals surface area contributed by atoms with Gasteiger partial charge in [-0.3, -0.25) is 0 Å². The Labute approximate surface area is 104 Å². The third-order valence-corrected chi connectivity index (χ3v) is 3.44. The molecule has 0 radical (unpaired) electrons. The lowest BCUT2D eigenvalue weighted by Gasteiger charge is -2.26. The van der Waals surface area contributed by atoms with Crippen LogP contribution in [0.1, 0.15) is 32.4 Å². The third kappa shape index (κ3) is 2.02. The molecule has 0 amide bonds. The number of H-pyrrole nitrogens is 1. The van der Waals surface area contributed by atoms with Gasteiger partial charge in [-0.2, -0.15) is 0 Å². The Bertz CT molecular complexity index is 508. The summed E-state index contributed by atoms with van der Waals surface area (Å²) in [5.74, 6) is 0. The van der Waals surface area contributed by atoms with Crippen molar-refractivity contribution in [3.63, 3.8) is 0 Å². The summed E-state index contributed by atoms with van der Waals surface area (Å²) >= 11 is 3.50. The topological polar surface area (TPSA) is 41.8 Å². The predicted octanol–water partition coefficient (Wildman–Crippen LogP) is 3.98. The number of hydrogen-bond acceptors (Lipinski definition) is 1. The Morgan fingerprint density at radius 1 is 1.31 bits per heavy atom. The molecular weight excluding hydrogens is 264 g/mol. The Balaban J connectivity index is 2.57. The van der Waals surface area contributed by atoms with Gasteiger partial charge in [-0.15, -0.1) is 0 Å². The van der Waals surface area contributed by atoms with Gasteiger partial charge >= 0.3 is 0 Å². The van der Waals surface area contributed by atoms with Crippen LogP contribution in [0.25, 0.3) is 10.9 Å². The maximum Gasteiger partial charge on any atom is 0.0458 e. The number of aromatic nitrogens is 1. The summed E-state index contributed by atoms with van der Waals surface area (Å²) in [4.78, 5) is 3.27. The minimum absolute atomic E-state index is 0.0375. The van der Waals surface area contributed by atoms with Gasteiger partial charge in [-0.05, 0) is 29.2 Å². The fraction of sp³-hybridized carbons (Fsp3) is 0.385. The Hall–Kier alpha value is -0.800. The van der Waals surface area contributed by atoms with Gasteiger partial charge in [0.2, 0.25) is 0 Å². The molecule has 3 N–H and O–H groups in total. The van der Waals surface area contributed by atoms with Crippen molar-refractivity contribution < 1.29 is 0 Å². The van der Waals surface area contributed by atoms with Gasteiger partial charge in [0.25, 0.3) is 0 Å². The average Bonchev–Trinajstić information content (AvgIpc) is 2.57. The van der Waals surface area contributed by atoms with E-state index in [0.29, 0.717) is 0 Å². The van der Waals surface area contributed by atoms with Gasteiger partial charge in [0.05, 0.1) is 0 Å². The monoisotopic (exact) mass is 280 g/mol. The van der Waals surface area contributed by atoms with Crippen molar-refractivity contribution in [3.8, 4) is 0 Å². The van der Waals surface area contributed by atoms with E-state index >= 15 is 0 Å². The lowest BCUT2D eigenvalue weighted by molar-refractivity contribution is 0.328. The van der Waals surface area contributed by atoms with Gasteiger partial charge in [0, 0.05) is 27.6 Å². The first-order valence-electron chi connectivity index (χ1n) is 5.42. The number of nitrogens with two attached hydrogens (primary N) is 1. The quantitative estimate of drug-likeness (QED) is 0.815. The number of halogens is 1. The summed E-state index contributed by atoms with van der Waals surface area (Å²) in [6.07, 6.45) is 2.02. The van der Waals surface area contributed by atoms with Crippen molar-refractivity contribution in [2.75, 3.05) is 0 Å². The van der Waals surface area contributed by atoms with E-state index in [4.69, 9.17) is 5.73 Å². The van der Waals surface area contributed by atoms with Gasteiger partial charge in [0.15, 0.2) is 0 Å². The summed E-state index contributed by atoms with van der Waals surface area (Å²) in [5.41, 5.74) is 8.69. The van der Waals surface area contributed by atoms with Gasteiger partial charge in [0.1, 0.15) is 0 Å². The van der Waals surface area contributed by atoms with Crippen LogP contribution in [0.2, 0.25) is 0 Å². The molecule has 0 aliphatic heterocycles. The highest BCUT2D eigenvalue weighted by Crippen LogP contribution is 2.35. The minimum atomic E-state index is 0.0375. The Morgan fingerprint density at radius 3 is 2.62 bits per heavy atom. The molecule has 1 aromatic heterocycles. The van der Waals surface area contributed by atoms with Crippen LogP contribution in [0.5, 0.6) is 0 Å². The highest BCUT2D eigenvalue weighted by molar-refractivity contribution is 9.10. The second kappa shape index (κ2) is 3.90. The van der Waals surface area contributed by atoms with Crippen LogP contribution in [0, 0.1) is 5.41 Å². The number of rotatable bonds is 1. The summed E-state index contributed by atoms with van der Waals surface area (Å²) in [6.45, 7) is 6.48. The molecule has 1 atom stereocenters. The third-order valence-electron chi connectivity index (χ3n) is 2.94. The van der Waals surface area contributed by atoms with Gasteiger partial charge < -0.3 is 10.7 Å². The van der Waals surface area contributed by atoms with Crippen LogP contribution in [0.3, 0.4) is 0 Å². The fourth-order valence-corrected chi connectivity index (χ4v) is 2.20.